The molecule has 5 nitrogen and oxygen atoms in total. The van der Waals surface area contributed by atoms with Crippen LogP contribution in [0.15, 0.2) is 35.2 Å². The molecule has 5 fully saturated rings. The van der Waals surface area contributed by atoms with E-state index in [1.807, 2.05) is 44.2 Å². The molecule has 2 bridgehead atoms. The van der Waals surface area contributed by atoms with Crippen molar-refractivity contribution in [3.05, 3.63) is 30.3 Å². The minimum Gasteiger partial charge on any atom is -0.431 e. The summed E-state index contributed by atoms with van der Waals surface area (Å²) in [5.74, 6) is -0.387. The topological polar surface area (TPSA) is 54.0 Å². The molecule has 0 amide bonds. The highest BCUT2D eigenvalue weighted by Crippen LogP contribution is 2.63. The van der Waals surface area contributed by atoms with Crippen LogP contribution in [0, 0.1) is 17.8 Å². The van der Waals surface area contributed by atoms with Crippen molar-refractivity contribution < 1.29 is 24.0 Å². The average Bonchev–Trinajstić information content (AvgIpc) is 2.87. The first kappa shape index (κ1) is 18.0. The Morgan fingerprint density at radius 1 is 1.07 bits per heavy atom. The molecule has 1 aromatic carbocycles. The molecule has 1 aromatic rings. The standard InChI is InChI=1S/C21H26O5S/c1-13-9-10-16-20(3,27-14-7-5-4-6-8-14)17(22)23-18-21(16)15(13)11-12-19(2,24-18)25-26-21/h4-8,13,15-16,18H,9-12H2,1-3H3/t13-,15+,16+,18?,19?,20?,21?/m1/s1. The maximum Gasteiger partial charge on any atom is 0.325 e. The third-order valence-electron chi connectivity index (χ3n) is 7.08. The number of benzene rings is 1. The number of hydrogen-bond acceptors (Lipinski definition) is 6. The molecule has 4 saturated heterocycles. The molecule has 1 aliphatic carbocycles. The number of thioether (sulfide) groups is 1. The van der Waals surface area contributed by atoms with E-state index in [1.54, 1.807) is 11.8 Å². The van der Waals surface area contributed by atoms with Gasteiger partial charge in [-0.05, 0) is 51.2 Å². The SMILES string of the molecule is C[C@@H]1CC[C@H]2C(C)(Sc3ccccc3)C(=O)OC3OC4(C)CC[C@@H]1C32OO4. The Morgan fingerprint density at radius 3 is 2.63 bits per heavy atom. The van der Waals surface area contributed by atoms with E-state index in [2.05, 4.69) is 6.92 Å². The van der Waals surface area contributed by atoms with E-state index in [4.69, 9.17) is 19.2 Å². The summed E-state index contributed by atoms with van der Waals surface area (Å²) in [7, 11) is 0. The van der Waals surface area contributed by atoms with Crippen LogP contribution in [0.5, 0.6) is 0 Å². The Hall–Kier alpha value is -1.08. The molecule has 6 heteroatoms. The van der Waals surface area contributed by atoms with Crippen LogP contribution in [0.2, 0.25) is 0 Å². The second-order valence-corrected chi connectivity index (χ2v) is 10.3. The predicted molar refractivity (Wildman–Crippen MR) is 99.6 cm³/mol. The van der Waals surface area contributed by atoms with Crippen LogP contribution >= 0.6 is 11.8 Å². The van der Waals surface area contributed by atoms with Crippen molar-refractivity contribution in [2.45, 2.75) is 73.8 Å². The zero-order valence-electron chi connectivity index (χ0n) is 16.0. The largest absolute Gasteiger partial charge is 0.431 e. The van der Waals surface area contributed by atoms with Gasteiger partial charge >= 0.3 is 5.97 Å². The smallest absolute Gasteiger partial charge is 0.325 e. The third kappa shape index (κ3) is 2.46. The van der Waals surface area contributed by atoms with E-state index in [1.165, 1.54) is 0 Å². The second-order valence-electron chi connectivity index (χ2n) is 8.78. The highest BCUT2D eigenvalue weighted by molar-refractivity contribution is 8.01. The minimum absolute atomic E-state index is 0.0368. The number of carbonyl (C=O) groups is 1. The number of rotatable bonds is 2. The predicted octanol–water partition coefficient (Wildman–Crippen LogP) is 4.31. The lowest BCUT2D eigenvalue weighted by atomic mass is 9.58. The number of fused-ring (bicyclic) bond motifs is 2. The Bertz CT molecular complexity index is 756. The molecular weight excluding hydrogens is 364 g/mol. The molecule has 5 aliphatic rings. The van der Waals surface area contributed by atoms with Crippen molar-refractivity contribution in [3.63, 3.8) is 0 Å². The third-order valence-corrected chi connectivity index (χ3v) is 8.46. The fraction of sp³-hybridized carbons (Fsp3) is 0.667. The average molecular weight is 391 g/mol. The second kappa shape index (κ2) is 5.96. The summed E-state index contributed by atoms with van der Waals surface area (Å²) in [5.41, 5.74) is -0.738. The van der Waals surface area contributed by atoms with Crippen molar-refractivity contribution in [2.24, 2.45) is 17.8 Å². The van der Waals surface area contributed by atoms with Gasteiger partial charge in [0.25, 0.3) is 0 Å². The van der Waals surface area contributed by atoms with Gasteiger partial charge in [-0.1, -0.05) is 25.1 Å². The quantitative estimate of drug-likeness (QED) is 0.554. The fourth-order valence-electron chi connectivity index (χ4n) is 5.61. The summed E-state index contributed by atoms with van der Waals surface area (Å²) in [6, 6.07) is 10.0. The normalized spacial score (nSPS) is 48.5. The molecular formula is C21H26O5S. The molecule has 0 N–H and O–H groups in total. The van der Waals surface area contributed by atoms with E-state index in [0.29, 0.717) is 5.92 Å². The van der Waals surface area contributed by atoms with Gasteiger partial charge in [-0.25, -0.2) is 9.78 Å². The van der Waals surface area contributed by atoms with Gasteiger partial charge in [-0.15, -0.1) is 11.8 Å². The number of ether oxygens (including phenoxy) is 2. The summed E-state index contributed by atoms with van der Waals surface area (Å²) in [6.45, 7) is 6.14. The molecule has 4 unspecified atom stereocenters. The fourth-order valence-corrected chi connectivity index (χ4v) is 6.97. The lowest BCUT2D eigenvalue weighted by molar-refractivity contribution is -0.558. The van der Waals surface area contributed by atoms with E-state index < -0.39 is 22.4 Å². The van der Waals surface area contributed by atoms with Crippen LogP contribution in [0.1, 0.15) is 46.5 Å². The molecule has 0 aromatic heterocycles. The Morgan fingerprint density at radius 2 is 1.85 bits per heavy atom. The Labute approximate surface area is 164 Å². The molecule has 4 aliphatic heterocycles. The van der Waals surface area contributed by atoms with E-state index in [0.717, 1.165) is 30.6 Å². The Kier molecular flexibility index (Phi) is 3.97. The van der Waals surface area contributed by atoms with Gasteiger partial charge in [-0.3, -0.25) is 4.79 Å². The molecule has 4 heterocycles. The molecule has 1 spiro atoms. The zero-order valence-corrected chi connectivity index (χ0v) is 16.8. The number of esters is 1. The minimum atomic E-state index is -0.849. The van der Waals surface area contributed by atoms with Gasteiger partial charge in [0.05, 0.1) is 0 Å². The van der Waals surface area contributed by atoms with Crippen LogP contribution in [-0.2, 0) is 24.0 Å². The molecule has 7 atom stereocenters. The Balaban J connectivity index is 1.60. The zero-order chi connectivity index (χ0) is 18.9. The monoisotopic (exact) mass is 390 g/mol. The first-order chi connectivity index (χ1) is 12.9. The summed E-state index contributed by atoms with van der Waals surface area (Å²) in [5, 5.41) is 0. The first-order valence-electron chi connectivity index (χ1n) is 9.87. The summed E-state index contributed by atoms with van der Waals surface area (Å²) >= 11 is 1.57. The van der Waals surface area contributed by atoms with Crippen LogP contribution < -0.4 is 0 Å². The molecule has 6 rings (SSSR count). The molecule has 1 saturated carbocycles. The van der Waals surface area contributed by atoms with Crippen molar-refractivity contribution in [2.75, 3.05) is 0 Å². The summed E-state index contributed by atoms with van der Waals surface area (Å²) in [4.78, 5) is 26.3. The van der Waals surface area contributed by atoms with Crippen LogP contribution in [0.3, 0.4) is 0 Å². The maximum atomic E-state index is 13.2. The van der Waals surface area contributed by atoms with Crippen molar-refractivity contribution in [3.8, 4) is 0 Å². The van der Waals surface area contributed by atoms with Crippen LogP contribution in [0.4, 0.5) is 0 Å². The highest BCUT2D eigenvalue weighted by atomic mass is 32.2. The van der Waals surface area contributed by atoms with Crippen LogP contribution in [-0.4, -0.2) is 28.4 Å². The van der Waals surface area contributed by atoms with Gasteiger partial charge in [-0.2, -0.15) is 0 Å². The lowest BCUT2D eigenvalue weighted by Crippen LogP contribution is -2.73. The van der Waals surface area contributed by atoms with Crippen LogP contribution in [0.25, 0.3) is 0 Å². The molecule has 0 radical (unpaired) electrons. The van der Waals surface area contributed by atoms with E-state index in [9.17, 15) is 4.79 Å². The van der Waals surface area contributed by atoms with Crippen molar-refractivity contribution in [1.29, 1.82) is 0 Å². The van der Waals surface area contributed by atoms with E-state index >= 15 is 0 Å². The van der Waals surface area contributed by atoms with Gasteiger partial charge in [0, 0.05) is 23.2 Å². The lowest BCUT2D eigenvalue weighted by Gasteiger charge is -2.60. The van der Waals surface area contributed by atoms with Crippen molar-refractivity contribution >= 4 is 17.7 Å². The number of carbonyl (C=O) groups excluding carboxylic acids is 1. The molecule has 27 heavy (non-hydrogen) atoms. The van der Waals surface area contributed by atoms with Crippen molar-refractivity contribution in [1.82, 2.24) is 0 Å². The maximum absolute atomic E-state index is 13.2. The van der Waals surface area contributed by atoms with Gasteiger partial charge in [0.2, 0.25) is 12.1 Å². The van der Waals surface area contributed by atoms with E-state index in [-0.39, 0.29) is 17.8 Å². The first-order valence-corrected chi connectivity index (χ1v) is 10.7. The molecule has 146 valence electrons. The van der Waals surface area contributed by atoms with Gasteiger partial charge in [0.15, 0.2) is 5.60 Å². The number of hydrogen-bond donors (Lipinski definition) is 0. The van der Waals surface area contributed by atoms with Gasteiger partial charge in [0.1, 0.15) is 4.75 Å². The van der Waals surface area contributed by atoms with Gasteiger partial charge < -0.3 is 9.47 Å². The summed E-state index contributed by atoms with van der Waals surface area (Å²) in [6.07, 6.45) is 2.96. The summed E-state index contributed by atoms with van der Waals surface area (Å²) < 4.78 is 11.4. The highest BCUT2D eigenvalue weighted by Gasteiger charge is 2.73.